The van der Waals surface area contributed by atoms with E-state index in [2.05, 4.69) is 5.32 Å². The molecule has 0 fully saturated rings. The molecule has 0 atom stereocenters. The summed E-state index contributed by atoms with van der Waals surface area (Å²) in [7, 11) is -2.08. The van der Waals surface area contributed by atoms with Crippen molar-refractivity contribution in [3.05, 3.63) is 58.1 Å². The maximum absolute atomic E-state index is 12.3. The quantitative estimate of drug-likeness (QED) is 0.600. The van der Waals surface area contributed by atoms with Gasteiger partial charge in [-0.3, -0.25) is 9.10 Å². The molecule has 2 rings (SSSR count). The molecular weight excluding hydrogens is 423 g/mol. The van der Waals surface area contributed by atoms with E-state index < -0.39 is 15.9 Å². The highest BCUT2D eigenvalue weighted by Crippen LogP contribution is 2.26. The van der Waals surface area contributed by atoms with Gasteiger partial charge in [-0.15, -0.1) is 0 Å². The van der Waals surface area contributed by atoms with E-state index in [-0.39, 0.29) is 22.3 Å². The van der Waals surface area contributed by atoms with Crippen molar-refractivity contribution in [2.75, 3.05) is 30.8 Å². The minimum absolute atomic E-state index is 0.240. The van der Waals surface area contributed by atoms with Crippen molar-refractivity contribution in [2.45, 2.75) is 12.8 Å². The molecule has 0 bridgehead atoms. The van der Waals surface area contributed by atoms with Crippen LogP contribution in [0.4, 0.5) is 5.69 Å². The SMILES string of the molecule is COc1ccccc1CCCNC(=O)CN(c1cc(Cl)cc(Cl)c1)S(C)(=O)=O. The van der Waals surface area contributed by atoms with Gasteiger partial charge in [0.2, 0.25) is 15.9 Å². The van der Waals surface area contributed by atoms with E-state index in [0.717, 1.165) is 28.3 Å². The molecule has 0 saturated heterocycles. The summed E-state index contributed by atoms with van der Waals surface area (Å²) in [6.45, 7) is 0.0505. The van der Waals surface area contributed by atoms with Crippen LogP contribution in [0.3, 0.4) is 0 Å². The molecule has 152 valence electrons. The number of nitrogens with one attached hydrogen (secondary N) is 1. The van der Waals surface area contributed by atoms with Crippen molar-refractivity contribution in [3.63, 3.8) is 0 Å². The molecule has 0 radical (unpaired) electrons. The molecule has 0 saturated carbocycles. The summed E-state index contributed by atoms with van der Waals surface area (Å²) in [6, 6.07) is 12.1. The van der Waals surface area contributed by atoms with Gasteiger partial charge in [0.25, 0.3) is 0 Å². The number of hydrogen-bond donors (Lipinski definition) is 1. The maximum atomic E-state index is 12.3. The third kappa shape index (κ3) is 6.58. The number of rotatable bonds is 9. The number of ether oxygens (including phenoxy) is 1. The van der Waals surface area contributed by atoms with Crippen LogP contribution in [0.25, 0.3) is 0 Å². The summed E-state index contributed by atoms with van der Waals surface area (Å²) in [4.78, 5) is 12.3. The third-order valence-electron chi connectivity index (χ3n) is 3.96. The van der Waals surface area contributed by atoms with Gasteiger partial charge >= 0.3 is 0 Å². The minimum atomic E-state index is -3.69. The monoisotopic (exact) mass is 444 g/mol. The predicted octanol–water partition coefficient (Wildman–Crippen LogP) is 3.52. The summed E-state index contributed by atoms with van der Waals surface area (Å²) >= 11 is 11.9. The molecule has 0 spiro atoms. The molecule has 2 aromatic carbocycles. The maximum Gasteiger partial charge on any atom is 0.240 e. The van der Waals surface area contributed by atoms with Crippen LogP contribution in [0.5, 0.6) is 5.75 Å². The van der Waals surface area contributed by atoms with E-state index in [0.29, 0.717) is 13.0 Å². The first-order valence-electron chi connectivity index (χ1n) is 8.53. The zero-order valence-corrected chi connectivity index (χ0v) is 17.9. The number of halogens is 2. The predicted molar refractivity (Wildman–Crippen MR) is 113 cm³/mol. The smallest absolute Gasteiger partial charge is 0.240 e. The number of anilines is 1. The molecule has 9 heteroatoms. The second-order valence-corrected chi connectivity index (χ2v) is 8.94. The van der Waals surface area contributed by atoms with Crippen molar-refractivity contribution in [3.8, 4) is 5.75 Å². The van der Waals surface area contributed by atoms with Crippen LogP contribution in [0.1, 0.15) is 12.0 Å². The van der Waals surface area contributed by atoms with Crippen molar-refractivity contribution in [1.82, 2.24) is 5.32 Å². The molecule has 0 heterocycles. The Hall–Kier alpha value is -1.96. The third-order valence-corrected chi connectivity index (χ3v) is 5.54. The lowest BCUT2D eigenvalue weighted by molar-refractivity contribution is -0.119. The summed E-state index contributed by atoms with van der Waals surface area (Å²) in [5, 5.41) is 3.31. The van der Waals surface area contributed by atoms with Gasteiger partial charge in [0, 0.05) is 16.6 Å². The van der Waals surface area contributed by atoms with Gasteiger partial charge in [-0.1, -0.05) is 41.4 Å². The molecule has 0 aliphatic carbocycles. The topological polar surface area (TPSA) is 75.7 Å². The Kier molecular flexibility index (Phi) is 7.98. The number of carbonyl (C=O) groups is 1. The largest absolute Gasteiger partial charge is 0.496 e. The van der Waals surface area contributed by atoms with E-state index in [1.165, 1.54) is 18.2 Å². The lowest BCUT2D eigenvalue weighted by Crippen LogP contribution is -2.40. The van der Waals surface area contributed by atoms with Crippen LogP contribution in [0.2, 0.25) is 10.0 Å². The standard InChI is InChI=1S/C19H22Cl2N2O4S/c1-27-18-8-4-3-6-14(18)7-5-9-22-19(24)13-23(28(2,25)26)17-11-15(20)10-16(21)12-17/h3-4,6,8,10-12H,5,7,9,13H2,1-2H3,(H,22,24). The number of hydrogen-bond acceptors (Lipinski definition) is 4. The normalized spacial score (nSPS) is 11.1. The average molecular weight is 445 g/mol. The number of sulfonamides is 1. The summed E-state index contributed by atoms with van der Waals surface area (Å²) in [5.74, 6) is 0.386. The number of amides is 1. The van der Waals surface area contributed by atoms with Gasteiger partial charge in [-0.05, 0) is 42.7 Å². The summed E-state index contributed by atoms with van der Waals surface area (Å²) < 4.78 is 30.5. The highest BCUT2D eigenvalue weighted by Gasteiger charge is 2.21. The Morgan fingerprint density at radius 3 is 2.39 bits per heavy atom. The molecule has 0 aromatic heterocycles. The van der Waals surface area contributed by atoms with Crippen LogP contribution in [0.15, 0.2) is 42.5 Å². The molecule has 0 aliphatic rings. The highest BCUT2D eigenvalue weighted by molar-refractivity contribution is 7.92. The van der Waals surface area contributed by atoms with Crippen molar-refractivity contribution >= 4 is 44.8 Å². The number of para-hydroxylation sites is 1. The molecule has 1 N–H and O–H groups in total. The van der Waals surface area contributed by atoms with E-state index in [9.17, 15) is 13.2 Å². The fraction of sp³-hybridized carbons (Fsp3) is 0.316. The first-order valence-corrected chi connectivity index (χ1v) is 11.1. The van der Waals surface area contributed by atoms with Crippen LogP contribution in [-0.4, -0.2) is 40.8 Å². The van der Waals surface area contributed by atoms with Crippen LogP contribution < -0.4 is 14.4 Å². The first-order chi connectivity index (χ1) is 13.2. The van der Waals surface area contributed by atoms with Gasteiger partial charge in [0.05, 0.1) is 19.1 Å². The first kappa shape index (κ1) is 22.3. The zero-order valence-electron chi connectivity index (χ0n) is 15.6. The van der Waals surface area contributed by atoms with Gasteiger partial charge in [0.1, 0.15) is 12.3 Å². The minimum Gasteiger partial charge on any atom is -0.496 e. The molecule has 0 aliphatic heterocycles. The molecule has 0 unspecified atom stereocenters. The Morgan fingerprint density at radius 2 is 1.79 bits per heavy atom. The average Bonchev–Trinajstić information content (AvgIpc) is 2.61. The number of nitrogens with zero attached hydrogens (tertiary/aromatic N) is 1. The Balaban J connectivity index is 1.95. The van der Waals surface area contributed by atoms with Crippen LogP contribution >= 0.6 is 23.2 Å². The fourth-order valence-corrected chi connectivity index (χ4v) is 4.04. The van der Waals surface area contributed by atoms with Crippen molar-refractivity contribution < 1.29 is 17.9 Å². The second-order valence-electron chi connectivity index (χ2n) is 6.16. The van der Waals surface area contributed by atoms with E-state index in [4.69, 9.17) is 27.9 Å². The Morgan fingerprint density at radius 1 is 1.14 bits per heavy atom. The van der Waals surface area contributed by atoms with E-state index >= 15 is 0 Å². The summed E-state index contributed by atoms with van der Waals surface area (Å²) in [6.07, 6.45) is 2.44. The van der Waals surface area contributed by atoms with Crippen LogP contribution in [-0.2, 0) is 21.2 Å². The summed E-state index contributed by atoms with van der Waals surface area (Å²) in [5.41, 5.74) is 1.29. The van der Waals surface area contributed by atoms with Gasteiger partial charge in [-0.25, -0.2) is 8.42 Å². The second kappa shape index (κ2) is 10.0. The van der Waals surface area contributed by atoms with Gasteiger partial charge in [-0.2, -0.15) is 0 Å². The lowest BCUT2D eigenvalue weighted by Gasteiger charge is -2.22. The molecule has 1 amide bonds. The van der Waals surface area contributed by atoms with E-state index in [1.54, 1.807) is 7.11 Å². The Labute approximate surface area is 175 Å². The fourth-order valence-electron chi connectivity index (χ4n) is 2.69. The molecule has 2 aromatic rings. The molecule has 28 heavy (non-hydrogen) atoms. The number of aryl methyl sites for hydroxylation is 1. The van der Waals surface area contributed by atoms with E-state index in [1.807, 2.05) is 24.3 Å². The zero-order chi connectivity index (χ0) is 20.7. The molecular formula is C19H22Cl2N2O4S. The van der Waals surface area contributed by atoms with Gasteiger partial charge < -0.3 is 10.1 Å². The molecule has 6 nitrogen and oxygen atoms in total. The van der Waals surface area contributed by atoms with Crippen molar-refractivity contribution in [1.29, 1.82) is 0 Å². The number of carbonyl (C=O) groups excluding carboxylic acids is 1. The van der Waals surface area contributed by atoms with Crippen LogP contribution in [0, 0.1) is 0 Å². The Bertz CT molecular complexity index is 915. The van der Waals surface area contributed by atoms with Gasteiger partial charge in [0.15, 0.2) is 0 Å². The highest BCUT2D eigenvalue weighted by atomic mass is 35.5. The number of methoxy groups -OCH3 is 1. The number of benzene rings is 2. The van der Waals surface area contributed by atoms with Crippen molar-refractivity contribution in [2.24, 2.45) is 0 Å². The lowest BCUT2D eigenvalue weighted by atomic mass is 10.1.